The zero-order valence-electron chi connectivity index (χ0n) is 38.6. The summed E-state index contributed by atoms with van der Waals surface area (Å²) in [6.45, 7) is 16.4. The molecular formula is C52H75BrN6O4. The second-order valence-electron chi connectivity index (χ2n) is 23.1. The monoisotopic (exact) mass is 927 g/mol. The van der Waals surface area contributed by atoms with Crippen LogP contribution < -0.4 is 0 Å². The Labute approximate surface area is 385 Å². The van der Waals surface area contributed by atoms with E-state index in [0.29, 0.717) is 46.5 Å². The Bertz CT molecular complexity index is 2000. The second kappa shape index (κ2) is 18.8. The van der Waals surface area contributed by atoms with Gasteiger partial charge in [0.25, 0.3) is 0 Å². The largest absolute Gasteiger partial charge is 0.390 e. The smallest absolute Gasteiger partial charge is 0.224 e. The van der Waals surface area contributed by atoms with Gasteiger partial charge in [0, 0.05) is 24.2 Å². The van der Waals surface area contributed by atoms with E-state index >= 15 is 0 Å². The molecule has 10 nitrogen and oxygen atoms in total. The lowest BCUT2D eigenvalue weighted by molar-refractivity contribution is -0.148. The van der Waals surface area contributed by atoms with Crippen LogP contribution in [0.5, 0.6) is 0 Å². The third kappa shape index (κ3) is 9.42. The van der Waals surface area contributed by atoms with Crippen LogP contribution in [-0.4, -0.2) is 58.3 Å². The molecule has 63 heavy (non-hydrogen) atoms. The number of aliphatic hydroxyl groups is 2. The number of alkyl halides is 1. The van der Waals surface area contributed by atoms with E-state index in [9.17, 15) is 19.8 Å². The van der Waals surface area contributed by atoms with Crippen molar-refractivity contribution in [2.24, 2.45) is 81.8 Å². The number of halogens is 1. The summed E-state index contributed by atoms with van der Waals surface area (Å²) in [6, 6.07) is 1.91. The maximum Gasteiger partial charge on any atom is 0.224 e. The third-order valence-corrected chi connectivity index (χ3v) is 20.1. The van der Waals surface area contributed by atoms with Crippen molar-refractivity contribution in [2.75, 3.05) is 5.33 Å². The van der Waals surface area contributed by atoms with Crippen molar-refractivity contribution in [3.05, 3.63) is 41.8 Å². The maximum atomic E-state index is 13.4. The normalized spacial score (nSPS) is 43.6. The molecule has 0 unspecified atom stereocenters. The molecule has 2 aromatic rings. The topological polar surface area (TPSA) is 149 Å². The molecule has 0 saturated heterocycles. The number of ketones is 2. The van der Waals surface area contributed by atoms with Crippen LogP contribution in [0.25, 0.3) is 4.85 Å². The van der Waals surface area contributed by atoms with Gasteiger partial charge >= 0.3 is 0 Å². The maximum absolute atomic E-state index is 13.4. The fourth-order valence-electron chi connectivity index (χ4n) is 16.8. The first-order chi connectivity index (χ1) is 30.1. The number of nitriles is 1. The van der Waals surface area contributed by atoms with Crippen LogP contribution in [0, 0.1) is 99.7 Å². The van der Waals surface area contributed by atoms with Crippen LogP contribution in [0.2, 0.25) is 0 Å². The fourth-order valence-corrected chi connectivity index (χ4v) is 17.2. The molecule has 10 rings (SSSR count). The van der Waals surface area contributed by atoms with Crippen LogP contribution in [-0.2, 0) is 16.1 Å². The van der Waals surface area contributed by atoms with Crippen molar-refractivity contribution >= 4 is 33.2 Å². The van der Waals surface area contributed by atoms with Gasteiger partial charge in [0.05, 0.1) is 47.6 Å². The lowest BCUT2D eigenvalue weighted by Gasteiger charge is -2.60. The molecule has 3 N–H and O–H groups in total. The van der Waals surface area contributed by atoms with Gasteiger partial charge in [0.15, 0.2) is 5.78 Å². The van der Waals surface area contributed by atoms with Crippen molar-refractivity contribution in [1.29, 1.82) is 5.26 Å². The highest BCUT2D eigenvalue weighted by Crippen LogP contribution is 2.65. The number of aromatic amines is 1. The van der Waals surface area contributed by atoms with E-state index in [1.54, 1.807) is 23.3 Å². The summed E-state index contributed by atoms with van der Waals surface area (Å²) in [4.78, 5) is 29.4. The van der Waals surface area contributed by atoms with Gasteiger partial charge in [-0.25, -0.2) is 4.85 Å². The SMILES string of the molecule is C[C@@]1(O)CC[C@H]2[C@H](CC[C@@H]3[C@@H]2CC[C@]2(C)[C@@H](C(=O)CBr)CCC[C@@H]32)C1.N#Cc1cn[nH]c1.[C-]#[N+]c1cnn(CC(=O)[C@H]2CCC[C@H]3[C@@H]4CC[C@@H]5C[C@](C)(O)CC[C@@H]5[C@H]4CC[C@]23C)c1. The van der Waals surface area contributed by atoms with E-state index in [0.717, 1.165) is 92.3 Å². The van der Waals surface area contributed by atoms with Gasteiger partial charge in [-0.05, 0) is 199 Å². The first-order valence-corrected chi connectivity index (χ1v) is 26.1. The van der Waals surface area contributed by atoms with Crippen LogP contribution in [0.15, 0.2) is 24.8 Å². The lowest BCUT2D eigenvalue weighted by Crippen LogP contribution is -2.55. The quantitative estimate of drug-likeness (QED) is 0.200. The Morgan fingerprint density at radius 3 is 1.73 bits per heavy atom. The number of Topliss-reactive ketones (excluding diaryl/α,β-unsaturated/α-hetero) is 2. The zero-order valence-corrected chi connectivity index (χ0v) is 40.2. The minimum atomic E-state index is -0.459. The first-order valence-electron chi connectivity index (χ1n) is 24.9. The number of rotatable bonds is 5. The highest BCUT2D eigenvalue weighted by Gasteiger charge is 2.59. The average Bonchev–Trinajstić information content (AvgIpc) is 3.97. The minimum Gasteiger partial charge on any atom is -0.390 e. The van der Waals surface area contributed by atoms with E-state index in [1.807, 2.05) is 19.9 Å². The molecule has 2 heterocycles. The molecule has 8 aliphatic carbocycles. The third-order valence-electron chi connectivity index (χ3n) is 19.6. The lowest BCUT2D eigenvalue weighted by atomic mass is 9.44. The highest BCUT2D eigenvalue weighted by molar-refractivity contribution is 9.09. The molecule has 0 radical (unpaired) electrons. The standard InChI is InChI=1S/C26H37N3O2.C22H35BrO2.C4H3N3/c1-25(31)11-9-19-17(13-25)7-8-21-20(19)10-12-26(2)22(21)5-4-6-23(26)24(30)16-29-15-18(27-3)14-28-29;1-21(25)10-8-15-14(12-21)6-7-17-16(15)9-11-22(2)18(17)4-3-5-19(22)20(24)13-23;5-1-4-2-6-7-3-4/h14-15,17,19-23,31H,4-13,16H2,1-2H3;14-19,25H,3-13H2,1-2H3;2-3H,(H,6,7)/t17-,19+,20-,21-,22+,23-,25-,26+;14-,15+,16-,17-,18+,19-,21-,22+;/m11./s1. The summed E-state index contributed by atoms with van der Waals surface area (Å²) in [5.74, 6) is 8.95. The number of aromatic nitrogens is 4. The van der Waals surface area contributed by atoms with Gasteiger partial charge in [-0.15, -0.1) is 0 Å². The minimum absolute atomic E-state index is 0.110. The molecule has 11 heteroatoms. The summed E-state index contributed by atoms with van der Waals surface area (Å²) < 4.78 is 1.66. The van der Waals surface area contributed by atoms with E-state index in [2.05, 4.69) is 49.9 Å². The number of nitrogens with one attached hydrogen (secondary N) is 1. The summed E-state index contributed by atoms with van der Waals surface area (Å²) in [6.07, 6.45) is 30.0. The van der Waals surface area contributed by atoms with E-state index in [4.69, 9.17) is 11.8 Å². The molecule has 0 aliphatic heterocycles. The highest BCUT2D eigenvalue weighted by atomic mass is 79.9. The second-order valence-corrected chi connectivity index (χ2v) is 23.6. The first kappa shape index (κ1) is 46.7. The Hall–Kier alpha value is -2.86. The molecule has 16 atom stereocenters. The van der Waals surface area contributed by atoms with Gasteiger partial charge in [-0.1, -0.05) is 42.6 Å². The molecule has 8 fully saturated rings. The predicted molar refractivity (Wildman–Crippen MR) is 247 cm³/mol. The number of hydrogen-bond acceptors (Lipinski definition) is 7. The summed E-state index contributed by atoms with van der Waals surface area (Å²) >= 11 is 3.44. The van der Waals surface area contributed by atoms with E-state index in [1.165, 1.54) is 89.7 Å². The molecule has 0 spiro atoms. The Balaban J connectivity index is 0.000000152. The summed E-state index contributed by atoms with van der Waals surface area (Å²) in [5.41, 5.74) is 0.551. The average molecular weight is 928 g/mol. The number of fused-ring (bicyclic) bond motifs is 10. The molecule has 0 amide bonds. The van der Waals surface area contributed by atoms with Crippen LogP contribution in [0.4, 0.5) is 5.69 Å². The number of carbonyl (C=O) groups is 2. The zero-order chi connectivity index (χ0) is 44.7. The van der Waals surface area contributed by atoms with Crippen LogP contribution in [0.3, 0.4) is 0 Å². The number of nitrogens with zero attached hydrogens (tertiary/aromatic N) is 5. The molecular weight excluding hydrogens is 853 g/mol. The van der Waals surface area contributed by atoms with Gasteiger partial charge in [-0.3, -0.25) is 19.4 Å². The Morgan fingerprint density at radius 1 is 0.762 bits per heavy atom. The van der Waals surface area contributed by atoms with Gasteiger partial charge in [0.2, 0.25) is 5.69 Å². The van der Waals surface area contributed by atoms with Gasteiger partial charge in [-0.2, -0.15) is 15.5 Å². The van der Waals surface area contributed by atoms with Gasteiger partial charge < -0.3 is 10.2 Å². The fraction of sp³-hybridized carbons (Fsp3) is 0.808. The molecule has 2 aromatic heterocycles. The van der Waals surface area contributed by atoms with Crippen molar-refractivity contribution in [1.82, 2.24) is 20.0 Å². The van der Waals surface area contributed by atoms with Crippen LogP contribution in [0.1, 0.15) is 162 Å². The Kier molecular flexibility index (Phi) is 13.9. The van der Waals surface area contributed by atoms with Gasteiger partial charge in [0.1, 0.15) is 11.9 Å². The van der Waals surface area contributed by atoms with Crippen molar-refractivity contribution in [3.8, 4) is 6.07 Å². The molecule has 344 valence electrons. The summed E-state index contributed by atoms with van der Waals surface area (Å²) in [7, 11) is 0. The predicted octanol–water partition coefficient (Wildman–Crippen LogP) is 11.1. The Morgan fingerprint density at radius 2 is 1.29 bits per heavy atom. The van der Waals surface area contributed by atoms with Crippen molar-refractivity contribution < 1.29 is 19.8 Å². The number of carbonyl (C=O) groups excluding carboxylic acids is 2. The molecule has 8 saturated carbocycles. The number of hydrogen-bond donors (Lipinski definition) is 3. The molecule has 8 aliphatic rings. The van der Waals surface area contributed by atoms with E-state index in [-0.39, 0.29) is 22.7 Å². The summed E-state index contributed by atoms with van der Waals surface area (Å²) in [5, 5.41) is 40.1. The molecule has 0 bridgehead atoms. The van der Waals surface area contributed by atoms with E-state index < -0.39 is 11.2 Å². The van der Waals surface area contributed by atoms with Crippen molar-refractivity contribution in [2.45, 2.75) is 174 Å². The van der Waals surface area contributed by atoms with Crippen molar-refractivity contribution in [3.63, 3.8) is 0 Å². The van der Waals surface area contributed by atoms with Crippen LogP contribution >= 0.6 is 15.9 Å². The molecule has 0 aromatic carbocycles. The number of H-pyrrole nitrogens is 1.